The van der Waals surface area contributed by atoms with Crippen LogP contribution < -0.4 is 0 Å². The van der Waals surface area contributed by atoms with Crippen LogP contribution in [0.3, 0.4) is 0 Å². The van der Waals surface area contributed by atoms with Crippen molar-refractivity contribution in [2.24, 2.45) is 0 Å². The summed E-state index contributed by atoms with van der Waals surface area (Å²) in [6.07, 6.45) is 8.21. The van der Waals surface area contributed by atoms with Gasteiger partial charge in [0.1, 0.15) is 0 Å². The molecule has 0 atom stereocenters. The van der Waals surface area contributed by atoms with Crippen LogP contribution in [0.2, 0.25) is 0 Å². The van der Waals surface area contributed by atoms with E-state index in [0.29, 0.717) is 0 Å². The highest BCUT2D eigenvalue weighted by atomic mass is 14.1. The molecule has 0 heteroatoms. The minimum atomic E-state index is 0.942. The summed E-state index contributed by atoms with van der Waals surface area (Å²) in [6.45, 7) is 4.02. The van der Waals surface area contributed by atoms with Crippen molar-refractivity contribution in [2.45, 2.75) is 6.42 Å². The highest BCUT2D eigenvalue weighted by Gasteiger charge is 2.06. The fourth-order valence-electron chi connectivity index (χ4n) is 1.44. The van der Waals surface area contributed by atoms with Gasteiger partial charge in [0.2, 0.25) is 0 Å². The predicted molar refractivity (Wildman–Crippen MR) is 56.0 cm³/mol. The van der Waals surface area contributed by atoms with Crippen LogP contribution in [-0.2, 0) is 0 Å². The quantitative estimate of drug-likeness (QED) is 0.601. The molecule has 0 amide bonds. The minimum absolute atomic E-state index is 0.942. The third kappa shape index (κ3) is 1.62. The molecule has 0 saturated heterocycles. The first-order chi connectivity index (χ1) is 6.38. The van der Waals surface area contributed by atoms with E-state index in [-0.39, 0.29) is 0 Å². The molecule has 0 N–H and O–H groups in total. The van der Waals surface area contributed by atoms with Gasteiger partial charge in [-0.1, -0.05) is 49.1 Å². The number of benzene rings is 1. The highest BCUT2D eigenvalue weighted by molar-refractivity contribution is 5.78. The van der Waals surface area contributed by atoms with Crippen LogP contribution in [0.1, 0.15) is 12.0 Å². The summed E-state index contributed by atoms with van der Waals surface area (Å²) < 4.78 is 0. The van der Waals surface area contributed by atoms with Gasteiger partial charge in [-0.25, -0.2) is 0 Å². The number of hydrogen-bond acceptors (Lipinski definition) is 0. The smallest absolute Gasteiger partial charge is 0.00760 e. The Morgan fingerprint density at radius 3 is 2.62 bits per heavy atom. The van der Waals surface area contributed by atoms with E-state index in [1.807, 2.05) is 24.3 Å². The summed E-state index contributed by atoms with van der Waals surface area (Å²) in [5.74, 6) is 0. The topological polar surface area (TPSA) is 0 Å². The molecular formula is C13H11. The van der Waals surface area contributed by atoms with E-state index in [4.69, 9.17) is 0 Å². The van der Waals surface area contributed by atoms with Gasteiger partial charge in [-0.3, -0.25) is 0 Å². The van der Waals surface area contributed by atoms with Crippen LogP contribution in [0.4, 0.5) is 0 Å². The van der Waals surface area contributed by atoms with Crippen molar-refractivity contribution in [1.82, 2.24) is 0 Å². The maximum absolute atomic E-state index is 4.02. The normalized spacial score (nSPS) is 15.7. The Morgan fingerprint density at radius 1 is 1.15 bits per heavy atom. The second-order valence-corrected chi connectivity index (χ2v) is 3.10. The molecule has 1 radical (unpaired) electrons. The third-order valence-corrected chi connectivity index (χ3v) is 2.13. The summed E-state index contributed by atoms with van der Waals surface area (Å²) in [4.78, 5) is 0. The largest absolute Gasteiger partial charge is 0.0949 e. The molecule has 0 aromatic heterocycles. The number of hydrogen-bond donors (Lipinski definition) is 0. The van der Waals surface area contributed by atoms with Crippen LogP contribution in [0.5, 0.6) is 0 Å². The summed E-state index contributed by atoms with van der Waals surface area (Å²) >= 11 is 0. The fourth-order valence-corrected chi connectivity index (χ4v) is 1.44. The van der Waals surface area contributed by atoms with Crippen molar-refractivity contribution in [1.29, 1.82) is 0 Å². The second kappa shape index (κ2) is 3.44. The molecule has 1 aliphatic carbocycles. The van der Waals surface area contributed by atoms with E-state index in [1.54, 1.807) is 0 Å². The lowest BCUT2D eigenvalue weighted by Gasteiger charge is -2.11. The molecule has 13 heavy (non-hydrogen) atoms. The molecule has 0 heterocycles. The zero-order chi connectivity index (χ0) is 9.10. The van der Waals surface area contributed by atoms with E-state index in [9.17, 15) is 0 Å². The van der Waals surface area contributed by atoms with Crippen molar-refractivity contribution in [3.63, 3.8) is 0 Å². The molecule has 1 aromatic rings. The molecule has 0 nitrogen and oxygen atoms in total. The first-order valence-corrected chi connectivity index (χ1v) is 4.40. The Balaban J connectivity index is 2.41. The molecule has 1 aromatic carbocycles. The maximum atomic E-state index is 4.02. The van der Waals surface area contributed by atoms with Crippen molar-refractivity contribution in [3.8, 4) is 0 Å². The van der Waals surface area contributed by atoms with Gasteiger partial charge >= 0.3 is 0 Å². The van der Waals surface area contributed by atoms with E-state index in [1.165, 1.54) is 5.56 Å². The standard InChI is InChI=1S/C13H11/c1-11-7-5-6-10-13(11)12-8-3-2-4-9-12/h2-6,8-9H,1,7H2. The molecule has 0 bridgehead atoms. The van der Waals surface area contributed by atoms with Crippen LogP contribution in [-0.4, -0.2) is 0 Å². The Morgan fingerprint density at radius 2 is 1.92 bits per heavy atom. The zero-order valence-electron chi connectivity index (χ0n) is 7.46. The van der Waals surface area contributed by atoms with Gasteiger partial charge in [-0.15, -0.1) is 0 Å². The number of rotatable bonds is 1. The van der Waals surface area contributed by atoms with Crippen molar-refractivity contribution < 1.29 is 0 Å². The summed E-state index contributed by atoms with van der Waals surface area (Å²) in [7, 11) is 0. The summed E-state index contributed by atoms with van der Waals surface area (Å²) in [5, 5.41) is 0. The van der Waals surface area contributed by atoms with Gasteiger partial charge in [-0.05, 0) is 29.2 Å². The van der Waals surface area contributed by atoms with Gasteiger partial charge in [0.05, 0.1) is 0 Å². The molecule has 0 fully saturated rings. The SMILES string of the molecule is C=C1CC=C[C]=C1c1ccccc1. The number of allylic oxidation sites excluding steroid dienone is 5. The van der Waals surface area contributed by atoms with Crippen molar-refractivity contribution in [3.05, 3.63) is 66.3 Å². The zero-order valence-corrected chi connectivity index (χ0v) is 7.46. The Hall–Kier alpha value is -1.56. The van der Waals surface area contributed by atoms with Gasteiger partial charge < -0.3 is 0 Å². The van der Waals surface area contributed by atoms with Crippen LogP contribution >= 0.6 is 0 Å². The average molecular weight is 167 g/mol. The molecule has 0 saturated carbocycles. The van der Waals surface area contributed by atoms with E-state index in [0.717, 1.165) is 17.6 Å². The monoisotopic (exact) mass is 167 g/mol. The van der Waals surface area contributed by atoms with Crippen LogP contribution in [0.15, 0.2) is 54.6 Å². The van der Waals surface area contributed by atoms with E-state index < -0.39 is 0 Å². The molecule has 2 rings (SSSR count). The lowest BCUT2D eigenvalue weighted by atomic mass is 9.93. The summed E-state index contributed by atoms with van der Waals surface area (Å²) in [6, 6.07) is 10.3. The Bertz CT molecular complexity index is 366. The Labute approximate surface area is 78.9 Å². The first-order valence-electron chi connectivity index (χ1n) is 4.40. The van der Waals surface area contributed by atoms with Crippen molar-refractivity contribution in [2.75, 3.05) is 0 Å². The summed E-state index contributed by atoms with van der Waals surface area (Å²) in [5.41, 5.74) is 3.49. The first kappa shape index (κ1) is 8.06. The third-order valence-electron chi connectivity index (χ3n) is 2.13. The van der Waals surface area contributed by atoms with Crippen molar-refractivity contribution >= 4 is 5.57 Å². The van der Waals surface area contributed by atoms with Gasteiger partial charge in [0, 0.05) is 0 Å². The second-order valence-electron chi connectivity index (χ2n) is 3.10. The molecular weight excluding hydrogens is 156 g/mol. The Kier molecular flexibility index (Phi) is 2.13. The fraction of sp³-hybridized carbons (Fsp3) is 0.0769. The van der Waals surface area contributed by atoms with Crippen LogP contribution in [0, 0.1) is 6.08 Å². The molecule has 0 spiro atoms. The van der Waals surface area contributed by atoms with E-state index >= 15 is 0 Å². The lowest BCUT2D eigenvalue weighted by molar-refractivity contribution is 1.28. The molecule has 0 unspecified atom stereocenters. The van der Waals surface area contributed by atoms with E-state index in [2.05, 4.69) is 30.9 Å². The molecule has 0 aliphatic heterocycles. The van der Waals surface area contributed by atoms with Gasteiger partial charge in [0.25, 0.3) is 0 Å². The highest BCUT2D eigenvalue weighted by Crippen LogP contribution is 2.26. The average Bonchev–Trinajstić information content (AvgIpc) is 2.20. The molecule has 63 valence electrons. The molecule has 1 aliphatic rings. The predicted octanol–water partition coefficient (Wildman–Crippen LogP) is 3.39. The minimum Gasteiger partial charge on any atom is -0.0949 e. The lowest BCUT2D eigenvalue weighted by Crippen LogP contribution is -1.91. The van der Waals surface area contributed by atoms with Gasteiger partial charge in [0.15, 0.2) is 0 Å². The van der Waals surface area contributed by atoms with Crippen LogP contribution in [0.25, 0.3) is 5.57 Å². The maximum Gasteiger partial charge on any atom is -0.00760 e. The van der Waals surface area contributed by atoms with Gasteiger partial charge in [-0.2, -0.15) is 0 Å².